The van der Waals surface area contributed by atoms with Crippen molar-refractivity contribution in [1.29, 1.82) is 5.26 Å². The van der Waals surface area contributed by atoms with Crippen molar-refractivity contribution >= 4 is 23.7 Å². The summed E-state index contributed by atoms with van der Waals surface area (Å²) in [5.74, 6) is -2.90. The Hall–Kier alpha value is -4.53. The molecule has 0 bridgehead atoms. The largest absolute Gasteiger partial charge is 0.459 e. The Morgan fingerprint density at radius 3 is 2.60 bits per heavy atom. The molecule has 1 aromatic carbocycles. The van der Waals surface area contributed by atoms with Crippen LogP contribution < -0.4 is 16.0 Å². The van der Waals surface area contributed by atoms with Gasteiger partial charge in [0, 0.05) is 31.0 Å². The summed E-state index contributed by atoms with van der Waals surface area (Å²) in [6, 6.07) is 6.59. The maximum Gasteiger partial charge on any atom is 0.348 e. The molecule has 0 aliphatic carbocycles. The van der Waals surface area contributed by atoms with Crippen LogP contribution in [0.15, 0.2) is 46.5 Å². The zero-order valence-electron chi connectivity index (χ0n) is 22.5. The number of nitriles is 1. The Kier molecular flexibility index (Phi) is 10.5. The fraction of sp³-hybridized carbons (Fsp3) is 0.429. The van der Waals surface area contributed by atoms with E-state index in [0.717, 1.165) is 6.42 Å². The number of carbonyl (C=O) groups is 4. The normalized spacial score (nSPS) is 16.9. The zero-order chi connectivity index (χ0) is 29.2. The summed E-state index contributed by atoms with van der Waals surface area (Å²) in [5.41, 5.74) is 0.204. The first-order valence-electron chi connectivity index (χ1n) is 12.9. The summed E-state index contributed by atoms with van der Waals surface area (Å²) >= 11 is 0. The van der Waals surface area contributed by atoms with Gasteiger partial charge in [0.25, 0.3) is 5.91 Å². The lowest BCUT2D eigenvalue weighted by Gasteiger charge is -2.27. The molecule has 1 saturated heterocycles. The number of hydrogen-bond acceptors (Lipinski definition) is 8. The van der Waals surface area contributed by atoms with E-state index in [-0.39, 0.29) is 30.0 Å². The molecular formula is C28H32FN5O6. The van der Waals surface area contributed by atoms with Crippen LogP contribution >= 0.6 is 0 Å². The van der Waals surface area contributed by atoms with Gasteiger partial charge in [0.1, 0.15) is 29.3 Å². The molecule has 0 saturated carbocycles. The van der Waals surface area contributed by atoms with Gasteiger partial charge in [-0.05, 0) is 63.8 Å². The van der Waals surface area contributed by atoms with E-state index >= 15 is 0 Å². The van der Waals surface area contributed by atoms with E-state index in [9.17, 15) is 28.8 Å². The van der Waals surface area contributed by atoms with Crippen molar-refractivity contribution in [2.45, 2.75) is 64.6 Å². The third-order valence-corrected chi connectivity index (χ3v) is 6.15. The summed E-state index contributed by atoms with van der Waals surface area (Å²) in [6.45, 7) is 5.43. The standard InChI is InChI=1S/C28H32FN5O6/c1-16(2)39-28(38)20(15-30)14-22(13-19-5-4-10-31-25(19)35)32-26(36)23(12-18-6-8-21(29)9-7-18)33-27(37)24-11-17(3)40-34-24/h6-9,11,14,16,19,22-23H,4-5,10,12-13H2,1-3H3,(H,31,35)(H,32,36)(H,33,37). The number of carbonyl (C=O) groups excluding carboxylic acids is 4. The molecule has 0 radical (unpaired) electrons. The highest BCUT2D eigenvalue weighted by molar-refractivity contribution is 5.96. The van der Waals surface area contributed by atoms with Crippen LogP contribution in [0.5, 0.6) is 0 Å². The maximum absolute atomic E-state index is 13.6. The van der Waals surface area contributed by atoms with Crippen molar-refractivity contribution in [2.24, 2.45) is 5.92 Å². The molecule has 3 amide bonds. The number of benzene rings is 1. The van der Waals surface area contributed by atoms with Crippen molar-refractivity contribution in [1.82, 2.24) is 21.1 Å². The maximum atomic E-state index is 13.6. The van der Waals surface area contributed by atoms with Crippen LogP contribution in [0.4, 0.5) is 4.39 Å². The smallest absolute Gasteiger partial charge is 0.348 e. The first-order valence-corrected chi connectivity index (χ1v) is 12.9. The van der Waals surface area contributed by atoms with Crippen molar-refractivity contribution in [3.63, 3.8) is 0 Å². The van der Waals surface area contributed by atoms with Crippen LogP contribution in [-0.2, 0) is 25.5 Å². The zero-order valence-corrected chi connectivity index (χ0v) is 22.5. The predicted octanol–water partition coefficient (Wildman–Crippen LogP) is 2.27. The lowest BCUT2D eigenvalue weighted by atomic mass is 9.90. The number of hydrogen-bond donors (Lipinski definition) is 3. The van der Waals surface area contributed by atoms with E-state index < -0.39 is 47.7 Å². The van der Waals surface area contributed by atoms with Crippen LogP contribution in [-0.4, -0.2) is 53.6 Å². The topological polar surface area (TPSA) is 163 Å². The number of halogens is 1. The summed E-state index contributed by atoms with van der Waals surface area (Å²) in [7, 11) is 0. The molecular weight excluding hydrogens is 521 g/mol. The number of amides is 3. The lowest BCUT2D eigenvalue weighted by molar-refractivity contribution is -0.142. The highest BCUT2D eigenvalue weighted by Gasteiger charge is 2.30. The van der Waals surface area contributed by atoms with Crippen molar-refractivity contribution < 1.29 is 32.8 Å². The SMILES string of the molecule is Cc1cc(C(=O)NC(Cc2ccc(F)cc2)C(=O)NC(C=C(C#N)C(=O)OC(C)C)CC2CCCNC2=O)no1. The number of aromatic nitrogens is 1. The lowest BCUT2D eigenvalue weighted by Crippen LogP contribution is -2.51. The van der Waals surface area contributed by atoms with Crippen LogP contribution in [0.1, 0.15) is 54.9 Å². The first-order chi connectivity index (χ1) is 19.0. The van der Waals surface area contributed by atoms with Gasteiger partial charge in [-0.15, -0.1) is 0 Å². The van der Waals surface area contributed by atoms with Crippen LogP contribution in [0.25, 0.3) is 0 Å². The van der Waals surface area contributed by atoms with Crippen LogP contribution in [0.2, 0.25) is 0 Å². The van der Waals surface area contributed by atoms with Gasteiger partial charge in [-0.25, -0.2) is 9.18 Å². The summed E-state index contributed by atoms with van der Waals surface area (Å²) < 4.78 is 23.6. The van der Waals surface area contributed by atoms with Crippen molar-refractivity contribution in [3.8, 4) is 6.07 Å². The number of nitrogens with zero attached hydrogens (tertiary/aromatic N) is 2. The summed E-state index contributed by atoms with van der Waals surface area (Å²) in [5, 5.41) is 21.5. The molecule has 11 nitrogen and oxygen atoms in total. The highest BCUT2D eigenvalue weighted by Crippen LogP contribution is 2.19. The van der Waals surface area contributed by atoms with Crippen LogP contribution in [0.3, 0.4) is 0 Å². The van der Waals surface area contributed by atoms with E-state index in [1.807, 2.05) is 0 Å². The molecule has 2 heterocycles. The highest BCUT2D eigenvalue weighted by atomic mass is 19.1. The van der Waals surface area contributed by atoms with Gasteiger partial charge in [-0.3, -0.25) is 14.4 Å². The van der Waals surface area contributed by atoms with E-state index in [4.69, 9.17) is 9.26 Å². The van der Waals surface area contributed by atoms with Gasteiger partial charge < -0.3 is 25.2 Å². The third-order valence-electron chi connectivity index (χ3n) is 6.15. The van der Waals surface area contributed by atoms with E-state index in [1.165, 1.54) is 36.4 Å². The minimum Gasteiger partial charge on any atom is -0.459 e. The van der Waals surface area contributed by atoms with Gasteiger partial charge in [-0.1, -0.05) is 17.3 Å². The van der Waals surface area contributed by atoms with Crippen molar-refractivity contribution in [3.05, 3.63) is 64.8 Å². The minimum atomic E-state index is -1.15. The molecule has 40 heavy (non-hydrogen) atoms. The monoisotopic (exact) mass is 553 g/mol. The number of piperidine rings is 1. The van der Waals surface area contributed by atoms with E-state index in [2.05, 4.69) is 21.1 Å². The van der Waals surface area contributed by atoms with E-state index in [1.54, 1.807) is 26.8 Å². The number of esters is 1. The average molecular weight is 554 g/mol. The number of nitrogens with one attached hydrogen (secondary N) is 3. The molecule has 1 fully saturated rings. The Bertz CT molecular complexity index is 1300. The fourth-order valence-corrected chi connectivity index (χ4v) is 4.22. The number of rotatable bonds is 11. The Morgan fingerprint density at radius 1 is 1.27 bits per heavy atom. The quantitative estimate of drug-likeness (QED) is 0.217. The minimum absolute atomic E-state index is 0.00443. The second kappa shape index (κ2) is 14.0. The molecule has 0 spiro atoms. The molecule has 212 valence electrons. The molecule has 1 aliphatic rings. The Balaban J connectivity index is 1.88. The Labute approximate surface area is 231 Å². The molecule has 1 aromatic heterocycles. The molecule has 3 rings (SSSR count). The van der Waals surface area contributed by atoms with Gasteiger partial charge in [-0.2, -0.15) is 5.26 Å². The molecule has 1 aliphatic heterocycles. The van der Waals surface area contributed by atoms with Crippen LogP contribution in [0, 0.1) is 30.0 Å². The van der Waals surface area contributed by atoms with Gasteiger partial charge in [0.05, 0.1) is 6.10 Å². The number of ether oxygens (including phenoxy) is 1. The Morgan fingerprint density at radius 2 is 2.00 bits per heavy atom. The molecule has 3 unspecified atom stereocenters. The average Bonchev–Trinajstić information content (AvgIpc) is 3.35. The first kappa shape index (κ1) is 30.0. The van der Waals surface area contributed by atoms with Gasteiger partial charge >= 0.3 is 5.97 Å². The third kappa shape index (κ3) is 8.76. The predicted molar refractivity (Wildman–Crippen MR) is 140 cm³/mol. The van der Waals surface area contributed by atoms with Gasteiger partial charge in [0.2, 0.25) is 11.8 Å². The van der Waals surface area contributed by atoms with E-state index in [0.29, 0.717) is 24.3 Å². The van der Waals surface area contributed by atoms with Crippen molar-refractivity contribution in [2.75, 3.05) is 6.54 Å². The van der Waals surface area contributed by atoms with Gasteiger partial charge in [0.15, 0.2) is 5.69 Å². The summed E-state index contributed by atoms with van der Waals surface area (Å²) in [4.78, 5) is 51.3. The second-order valence-corrected chi connectivity index (χ2v) is 9.81. The number of aryl methyl sites for hydroxylation is 1. The molecule has 2 aromatic rings. The summed E-state index contributed by atoms with van der Waals surface area (Å²) in [6.07, 6.45) is 2.19. The molecule has 3 atom stereocenters. The molecule has 12 heteroatoms. The fourth-order valence-electron chi connectivity index (χ4n) is 4.22. The molecule has 3 N–H and O–H groups in total. The second-order valence-electron chi connectivity index (χ2n) is 9.81.